The zero-order valence-electron chi connectivity index (χ0n) is 11.8. The first kappa shape index (κ1) is 16.2. The smallest absolute Gasteiger partial charge is 0.268 e. The minimum Gasteiger partial charge on any atom is -0.495 e. The van der Waals surface area contributed by atoms with Crippen LogP contribution in [0.15, 0.2) is 39.0 Å². The highest BCUT2D eigenvalue weighted by atomic mass is 79.9. The summed E-state index contributed by atoms with van der Waals surface area (Å²) in [5, 5.41) is 1.08. The number of aromatic nitrogens is 4. The largest absolute Gasteiger partial charge is 0.495 e. The fourth-order valence-corrected chi connectivity index (χ4v) is 3.54. The summed E-state index contributed by atoms with van der Waals surface area (Å²) in [5.74, 6) is 1.26. The highest BCUT2D eigenvalue weighted by molar-refractivity contribution is 9.10. The van der Waals surface area contributed by atoms with Crippen molar-refractivity contribution in [3.05, 3.63) is 49.9 Å². The van der Waals surface area contributed by atoms with E-state index in [1.165, 1.54) is 18.0 Å². The van der Waals surface area contributed by atoms with Crippen LogP contribution in [0.2, 0.25) is 5.02 Å². The number of hydrogen-bond acceptors (Lipinski definition) is 6. The molecule has 2 heterocycles. The van der Waals surface area contributed by atoms with E-state index in [-0.39, 0.29) is 5.56 Å². The number of benzene rings is 1. The van der Waals surface area contributed by atoms with E-state index in [1.807, 2.05) is 18.2 Å². The Morgan fingerprint density at radius 3 is 2.96 bits per heavy atom. The summed E-state index contributed by atoms with van der Waals surface area (Å²) in [4.78, 5) is 26.7. The average Bonchev–Trinajstić information content (AvgIpc) is 2.52. The third-order valence-electron chi connectivity index (χ3n) is 2.96. The normalized spacial score (nSPS) is 10.9. The van der Waals surface area contributed by atoms with Gasteiger partial charge in [-0.25, -0.2) is 15.0 Å². The molecule has 0 atom stereocenters. The minimum absolute atomic E-state index is 0.305. The molecule has 0 radical (unpaired) electrons. The molecule has 1 N–H and O–H groups in total. The summed E-state index contributed by atoms with van der Waals surface area (Å²) in [6, 6.07) is 5.58. The molecule has 0 saturated carbocycles. The monoisotopic (exact) mass is 412 g/mol. The Bertz CT molecular complexity index is 934. The van der Waals surface area contributed by atoms with Gasteiger partial charge in [-0.2, -0.15) is 0 Å². The Morgan fingerprint density at radius 2 is 2.22 bits per heavy atom. The molecule has 118 valence electrons. The number of ether oxygens (including phenoxy) is 1. The van der Waals surface area contributed by atoms with E-state index in [0.29, 0.717) is 37.4 Å². The van der Waals surface area contributed by atoms with E-state index < -0.39 is 0 Å². The van der Waals surface area contributed by atoms with Crippen LogP contribution in [0.1, 0.15) is 5.56 Å². The Kier molecular flexibility index (Phi) is 4.84. The second-order valence-corrected chi connectivity index (χ2v) is 6.60. The van der Waals surface area contributed by atoms with Gasteiger partial charge in [-0.1, -0.05) is 29.4 Å². The van der Waals surface area contributed by atoms with E-state index in [4.69, 9.17) is 16.3 Å². The van der Waals surface area contributed by atoms with Crippen molar-refractivity contribution in [1.82, 2.24) is 19.9 Å². The van der Waals surface area contributed by atoms with Crippen molar-refractivity contribution in [1.29, 1.82) is 0 Å². The summed E-state index contributed by atoms with van der Waals surface area (Å²) in [7, 11) is 1.57. The Balaban J connectivity index is 1.84. The second kappa shape index (κ2) is 6.86. The number of nitrogens with one attached hydrogen (secondary N) is 1. The molecule has 0 bridgehead atoms. The van der Waals surface area contributed by atoms with Crippen LogP contribution >= 0.6 is 39.3 Å². The number of thioether (sulfide) groups is 1. The lowest BCUT2D eigenvalue weighted by molar-refractivity contribution is 0.415. The number of H-pyrrole nitrogens is 1. The van der Waals surface area contributed by atoms with Crippen molar-refractivity contribution < 1.29 is 4.74 Å². The van der Waals surface area contributed by atoms with Crippen LogP contribution in [0.5, 0.6) is 5.75 Å². The van der Waals surface area contributed by atoms with Gasteiger partial charge < -0.3 is 9.72 Å². The van der Waals surface area contributed by atoms with Crippen LogP contribution < -0.4 is 10.3 Å². The minimum atomic E-state index is -0.305. The number of nitrogens with zero attached hydrogens (tertiary/aromatic N) is 3. The van der Waals surface area contributed by atoms with Crippen molar-refractivity contribution in [2.24, 2.45) is 0 Å². The molecule has 0 amide bonds. The van der Waals surface area contributed by atoms with Gasteiger partial charge in [0.2, 0.25) is 0 Å². The number of halogens is 2. The van der Waals surface area contributed by atoms with Crippen LogP contribution in [0, 0.1) is 0 Å². The molecule has 0 spiro atoms. The van der Waals surface area contributed by atoms with E-state index in [0.717, 1.165) is 5.56 Å². The van der Waals surface area contributed by atoms with Gasteiger partial charge in [0.15, 0.2) is 10.8 Å². The molecule has 3 aromatic rings. The van der Waals surface area contributed by atoms with Gasteiger partial charge in [0.25, 0.3) is 5.56 Å². The van der Waals surface area contributed by atoms with Crippen LogP contribution in [0.4, 0.5) is 0 Å². The fourth-order valence-electron chi connectivity index (χ4n) is 1.89. The van der Waals surface area contributed by atoms with Crippen LogP contribution in [0.25, 0.3) is 11.2 Å². The molecule has 6 nitrogen and oxygen atoms in total. The number of rotatable bonds is 4. The maximum Gasteiger partial charge on any atom is 0.268 e. The lowest BCUT2D eigenvalue weighted by Gasteiger charge is -2.06. The topological polar surface area (TPSA) is 80.8 Å². The fraction of sp³-hybridized carbons (Fsp3) is 0.143. The van der Waals surface area contributed by atoms with Crippen LogP contribution in [0.3, 0.4) is 0 Å². The molecule has 0 aliphatic heterocycles. The van der Waals surface area contributed by atoms with Crippen molar-refractivity contribution in [3.8, 4) is 5.75 Å². The molecule has 0 aliphatic carbocycles. The van der Waals surface area contributed by atoms with Gasteiger partial charge in [-0.3, -0.25) is 4.79 Å². The molecule has 2 aromatic heterocycles. The predicted molar refractivity (Wildman–Crippen MR) is 93.2 cm³/mol. The molecular weight excluding hydrogens is 404 g/mol. The van der Waals surface area contributed by atoms with Gasteiger partial charge in [0.05, 0.1) is 18.3 Å². The summed E-state index contributed by atoms with van der Waals surface area (Å²) in [6.45, 7) is 0. The Morgan fingerprint density at radius 1 is 1.39 bits per heavy atom. The third-order valence-corrected chi connectivity index (χ3v) is 4.72. The maximum atomic E-state index is 11.4. The predicted octanol–water partition coefficient (Wildman–Crippen LogP) is 3.43. The number of hydrogen-bond donors (Lipinski definition) is 1. The molecule has 0 aliphatic rings. The van der Waals surface area contributed by atoms with Crippen LogP contribution in [-0.4, -0.2) is 27.0 Å². The van der Waals surface area contributed by atoms with Gasteiger partial charge in [-0.15, -0.1) is 0 Å². The first-order valence-electron chi connectivity index (χ1n) is 6.44. The molecule has 9 heteroatoms. The summed E-state index contributed by atoms with van der Waals surface area (Å²) >= 11 is 10.9. The third kappa shape index (κ3) is 3.65. The van der Waals surface area contributed by atoms with Gasteiger partial charge in [0.1, 0.15) is 15.9 Å². The Labute approximate surface area is 148 Å². The first-order chi connectivity index (χ1) is 11.1. The zero-order valence-corrected chi connectivity index (χ0v) is 15.0. The molecule has 1 aromatic carbocycles. The average molecular weight is 414 g/mol. The van der Waals surface area contributed by atoms with E-state index in [9.17, 15) is 4.79 Å². The number of methoxy groups -OCH3 is 1. The standard InChI is InChI=1S/C14H10BrClN4O2S/c1-22-9-3-2-7(4-8(9)16)6-23-14-19-12(15)11-13(20-14)18-10(21)5-17-11/h2-5H,6H2,1H3,(H,18,19,20,21). The van der Waals surface area contributed by atoms with Crippen LogP contribution in [-0.2, 0) is 5.75 Å². The Hall–Kier alpha value is -1.64. The number of fused-ring (bicyclic) bond motifs is 1. The molecule has 3 rings (SSSR count). The van der Waals surface area contributed by atoms with E-state index >= 15 is 0 Å². The van der Waals surface area contributed by atoms with Gasteiger partial charge >= 0.3 is 0 Å². The SMILES string of the molecule is COc1ccc(CSc2nc(Br)c3ncc(=O)[nH]c3n2)cc1Cl. The highest BCUT2D eigenvalue weighted by Crippen LogP contribution is 2.29. The summed E-state index contributed by atoms with van der Waals surface area (Å²) < 4.78 is 5.66. The second-order valence-electron chi connectivity index (χ2n) is 4.50. The van der Waals surface area contributed by atoms with Gasteiger partial charge in [-0.05, 0) is 33.6 Å². The van der Waals surface area contributed by atoms with Crippen molar-refractivity contribution >= 4 is 50.5 Å². The van der Waals surface area contributed by atoms with Gasteiger partial charge in [0, 0.05) is 5.75 Å². The highest BCUT2D eigenvalue weighted by Gasteiger charge is 2.09. The lowest BCUT2D eigenvalue weighted by atomic mass is 10.2. The van der Waals surface area contributed by atoms with Crippen molar-refractivity contribution in [2.45, 2.75) is 10.9 Å². The van der Waals surface area contributed by atoms with Crippen molar-refractivity contribution in [3.63, 3.8) is 0 Å². The molecule has 23 heavy (non-hydrogen) atoms. The quantitative estimate of drug-likeness (QED) is 0.401. The van der Waals surface area contributed by atoms with E-state index in [2.05, 4.69) is 35.9 Å². The molecular formula is C14H10BrClN4O2S. The molecule has 0 unspecified atom stereocenters. The molecule has 0 fully saturated rings. The maximum absolute atomic E-state index is 11.4. The summed E-state index contributed by atoms with van der Waals surface area (Å²) in [5.41, 5.74) is 1.62. The van der Waals surface area contributed by atoms with E-state index in [1.54, 1.807) is 7.11 Å². The lowest BCUT2D eigenvalue weighted by Crippen LogP contribution is -2.07. The summed E-state index contributed by atoms with van der Waals surface area (Å²) in [6.07, 6.45) is 1.20. The first-order valence-corrected chi connectivity index (χ1v) is 8.60. The van der Waals surface area contributed by atoms with Crippen molar-refractivity contribution in [2.75, 3.05) is 7.11 Å². The number of aromatic amines is 1. The zero-order chi connectivity index (χ0) is 16.4. The molecule has 0 saturated heterocycles.